The van der Waals surface area contributed by atoms with Gasteiger partial charge in [-0.2, -0.15) is 0 Å². The normalized spacial score (nSPS) is 14.8. The molecule has 2 heterocycles. The SMILES string of the molecule is O=C(Cn1cnnn1)N1CCN(C(=O)c2cccc(I)c2)CC1. The number of carbonyl (C=O) groups excluding carboxylic acids is 2. The number of benzene rings is 1. The smallest absolute Gasteiger partial charge is 0.254 e. The molecule has 0 bridgehead atoms. The fourth-order valence-electron chi connectivity index (χ4n) is 2.45. The van der Waals surface area contributed by atoms with Crippen molar-refractivity contribution in [3.63, 3.8) is 0 Å². The average molecular weight is 426 g/mol. The van der Waals surface area contributed by atoms with Crippen LogP contribution in [0.4, 0.5) is 0 Å². The standard InChI is InChI=1S/C14H15IN6O2/c15-12-3-1-2-11(8-12)14(23)20-6-4-19(5-7-20)13(22)9-21-10-16-17-18-21/h1-3,8,10H,4-7,9H2. The Morgan fingerprint density at radius 1 is 1.13 bits per heavy atom. The van der Waals surface area contributed by atoms with E-state index in [1.54, 1.807) is 9.80 Å². The predicted molar refractivity (Wildman–Crippen MR) is 89.5 cm³/mol. The monoisotopic (exact) mass is 426 g/mol. The van der Waals surface area contributed by atoms with Gasteiger partial charge in [0, 0.05) is 35.3 Å². The van der Waals surface area contributed by atoms with Crippen molar-refractivity contribution in [1.29, 1.82) is 0 Å². The van der Waals surface area contributed by atoms with E-state index in [2.05, 4.69) is 38.1 Å². The molecule has 1 aromatic heterocycles. The predicted octanol–water partition coefficient (Wildman–Crippen LogP) is 0.262. The van der Waals surface area contributed by atoms with Crippen LogP contribution in [0, 0.1) is 3.57 Å². The van der Waals surface area contributed by atoms with E-state index >= 15 is 0 Å². The topological polar surface area (TPSA) is 84.2 Å². The molecule has 1 fully saturated rings. The third-order valence-electron chi connectivity index (χ3n) is 3.68. The third-order valence-corrected chi connectivity index (χ3v) is 4.35. The number of piperazine rings is 1. The largest absolute Gasteiger partial charge is 0.338 e. The molecular formula is C14H15IN6O2. The third kappa shape index (κ3) is 3.84. The van der Waals surface area contributed by atoms with Crippen molar-refractivity contribution in [2.75, 3.05) is 26.2 Å². The molecule has 0 unspecified atom stereocenters. The summed E-state index contributed by atoms with van der Waals surface area (Å²) < 4.78 is 2.43. The summed E-state index contributed by atoms with van der Waals surface area (Å²) in [6.45, 7) is 2.24. The highest BCUT2D eigenvalue weighted by molar-refractivity contribution is 14.1. The Morgan fingerprint density at radius 2 is 1.87 bits per heavy atom. The minimum atomic E-state index is -0.0429. The lowest BCUT2D eigenvalue weighted by Gasteiger charge is -2.34. The van der Waals surface area contributed by atoms with Crippen molar-refractivity contribution in [2.24, 2.45) is 0 Å². The van der Waals surface area contributed by atoms with E-state index in [9.17, 15) is 9.59 Å². The second-order valence-corrected chi connectivity index (χ2v) is 6.44. The Morgan fingerprint density at radius 3 is 2.52 bits per heavy atom. The molecule has 23 heavy (non-hydrogen) atoms. The first kappa shape index (κ1) is 15.8. The highest BCUT2D eigenvalue weighted by atomic mass is 127. The molecule has 9 heteroatoms. The number of hydrogen-bond acceptors (Lipinski definition) is 5. The molecule has 1 aromatic carbocycles. The minimum Gasteiger partial charge on any atom is -0.338 e. The summed E-state index contributed by atoms with van der Waals surface area (Å²) in [7, 11) is 0. The first-order chi connectivity index (χ1) is 11.1. The van der Waals surface area contributed by atoms with E-state index in [-0.39, 0.29) is 18.4 Å². The van der Waals surface area contributed by atoms with Crippen molar-refractivity contribution in [3.05, 3.63) is 39.7 Å². The van der Waals surface area contributed by atoms with Crippen LogP contribution in [0.3, 0.4) is 0 Å². The van der Waals surface area contributed by atoms with Crippen LogP contribution in [0.15, 0.2) is 30.6 Å². The molecule has 3 rings (SSSR count). The summed E-state index contributed by atoms with van der Waals surface area (Å²) in [4.78, 5) is 28.2. The highest BCUT2D eigenvalue weighted by Gasteiger charge is 2.25. The maximum Gasteiger partial charge on any atom is 0.254 e. The van der Waals surface area contributed by atoms with Crippen LogP contribution in [0.2, 0.25) is 0 Å². The van der Waals surface area contributed by atoms with Crippen LogP contribution >= 0.6 is 22.6 Å². The van der Waals surface area contributed by atoms with Gasteiger partial charge in [0.2, 0.25) is 5.91 Å². The van der Waals surface area contributed by atoms with Gasteiger partial charge in [0.25, 0.3) is 5.91 Å². The number of rotatable bonds is 3. The van der Waals surface area contributed by atoms with E-state index in [1.807, 2.05) is 24.3 Å². The molecule has 0 N–H and O–H groups in total. The van der Waals surface area contributed by atoms with Crippen molar-refractivity contribution in [1.82, 2.24) is 30.0 Å². The number of nitrogens with zero attached hydrogens (tertiary/aromatic N) is 6. The molecule has 2 amide bonds. The summed E-state index contributed by atoms with van der Waals surface area (Å²) in [6.07, 6.45) is 1.41. The first-order valence-corrected chi connectivity index (χ1v) is 8.25. The van der Waals surface area contributed by atoms with Gasteiger partial charge >= 0.3 is 0 Å². The molecule has 0 aliphatic carbocycles. The molecular weight excluding hydrogens is 411 g/mol. The molecule has 2 aromatic rings. The van der Waals surface area contributed by atoms with Gasteiger partial charge < -0.3 is 9.80 Å². The molecule has 1 aliphatic rings. The molecule has 1 aliphatic heterocycles. The molecule has 1 saturated heterocycles. The Balaban J connectivity index is 1.55. The maximum absolute atomic E-state index is 12.5. The lowest BCUT2D eigenvalue weighted by atomic mass is 10.2. The molecule has 120 valence electrons. The lowest BCUT2D eigenvalue weighted by molar-refractivity contribution is -0.133. The van der Waals surface area contributed by atoms with Gasteiger partial charge in [-0.3, -0.25) is 9.59 Å². The number of halogens is 1. The number of hydrogen-bond donors (Lipinski definition) is 0. The summed E-state index contributed by atoms with van der Waals surface area (Å²) >= 11 is 2.19. The van der Waals surface area contributed by atoms with Crippen LogP contribution in [0.5, 0.6) is 0 Å². The van der Waals surface area contributed by atoms with Gasteiger partial charge in [-0.25, -0.2) is 4.68 Å². The molecule has 0 atom stereocenters. The van der Waals surface area contributed by atoms with Crippen LogP contribution in [0.25, 0.3) is 0 Å². The van der Waals surface area contributed by atoms with Crippen molar-refractivity contribution in [3.8, 4) is 0 Å². The van der Waals surface area contributed by atoms with Crippen LogP contribution in [-0.4, -0.2) is 68.0 Å². The molecule has 0 saturated carbocycles. The zero-order chi connectivity index (χ0) is 16.2. The van der Waals surface area contributed by atoms with Crippen LogP contribution < -0.4 is 0 Å². The average Bonchev–Trinajstić information content (AvgIpc) is 3.07. The van der Waals surface area contributed by atoms with Crippen molar-refractivity contribution in [2.45, 2.75) is 6.54 Å². The Bertz CT molecular complexity index is 697. The quantitative estimate of drug-likeness (QED) is 0.658. The van der Waals surface area contributed by atoms with Gasteiger partial charge in [-0.15, -0.1) is 5.10 Å². The molecule has 8 nitrogen and oxygen atoms in total. The number of carbonyl (C=O) groups is 2. The van der Waals surface area contributed by atoms with Gasteiger partial charge in [0.1, 0.15) is 12.9 Å². The minimum absolute atomic E-state index is 0.0103. The first-order valence-electron chi connectivity index (χ1n) is 7.17. The van der Waals surface area contributed by atoms with Gasteiger partial charge in [0.15, 0.2) is 0 Å². The maximum atomic E-state index is 12.5. The highest BCUT2D eigenvalue weighted by Crippen LogP contribution is 2.12. The molecule has 0 radical (unpaired) electrons. The Labute approximate surface area is 146 Å². The summed E-state index contributed by atoms with van der Waals surface area (Å²) in [5, 5.41) is 10.7. The van der Waals surface area contributed by atoms with E-state index < -0.39 is 0 Å². The van der Waals surface area contributed by atoms with Crippen molar-refractivity contribution < 1.29 is 9.59 Å². The zero-order valence-corrected chi connectivity index (χ0v) is 14.5. The summed E-state index contributed by atoms with van der Waals surface area (Å²) in [6, 6.07) is 7.52. The van der Waals surface area contributed by atoms with Crippen LogP contribution in [0.1, 0.15) is 10.4 Å². The zero-order valence-electron chi connectivity index (χ0n) is 12.3. The number of tetrazole rings is 1. The van der Waals surface area contributed by atoms with E-state index in [4.69, 9.17) is 0 Å². The van der Waals surface area contributed by atoms with Crippen LogP contribution in [-0.2, 0) is 11.3 Å². The fourth-order valence-corrected chi connectivity index (χ4v) is 3.00. The van der Waals surface area contributed by atoms with E-state index in [0.29, 0.717) is 31.7 Å². The van der Waals surface area contributed by atoms with Gasteiger partial charge in [-0.05, 0) is 51.2 Å². The van der Waals surface area contributed by atoms with E-state index in [1.165, 1.54) is 11.0 Å². The van der Waals surface area contributed by atoms with Gasteiger partial charge in [0.05, 0.1) is 0 Å². The second-order valence-electron chi connectivity index (χ2n) is 5.19. The number of aromatic nitrogens is 4. The van der Waals surface area contributed by atoms with Gasteiger partial charge in [-0.1, -0.05) is 6.07 Å². The molecule has 0 spiro atoms. The lowest BCUT2D eigenvalue weighted by Crippen LogP contribution is -2.51. The Kier molecular flexibility index (Phi) is 4.84. The number of amides is 2. The summed E-state index contributed by atoms with van der Waals surface area (Å²) in [5.41, 5.74) is 0.686. The van der Waals surface area contributed by atoms with Crippen molar-refractivity contribution >= 4 is 34.4 Å². The second kappa shape index (κ2) is 7.02. The summed E-state index contributed by atoms with van der Waals surface area (Å²) in [5.74, 6) is -0.0326. The fraction of sp³-hybridized carbons (Fsp3) is 0.357. The Hall–Kier alpha value is -2.04. The van der Waals surface area contributed by atoms with E-state index in [0.717, 1.165) is 3.57 Å².